The van der Waals surface area contributed by atoms with Crippen LogP contribution in [0.25, 0.3) is 0 Å². The van der Waals surface area contributed by atoms with Crippen molar-refractivity contribution in [1.29, 1.82) is 0 Å². The molecule has 3 atom stereocenters. The summed E-state index contributed by atoms with van der Waals surface area (Å²) in [5.41, 5.74) is 0. The number of hydrogen-bond donors (Lipinski definition) is 2. The Kier molecular flexibility index (Phi) is 3.85. The van der Waals surface area contributed by atoms with Crippen molar-refractivity contribution < 1.29 is 4.79 Å². The predicted octanol–water partition coefficient (Wildman–Crippen LogP) is 1.68. The molecule has 1 heterocycles. The van der Waals surface area contributed by atoms with Gasteiger partial charge in [0.1, 0.15) is 0 Å². The molecule has 92 valence electrons. The molecule has 1 saturated carbocycles. The Morgan fingerprint density at radius 2 is 2.06 bits per heavy atom. The van der Waals surface area contributed by atoms with Crippen LogP contribution in [0.2, 0.25) is 0 Å². The maximum atomic E-state index is 11.9. The van der Waals surface area contributed by atoms with Crippen LogP contribution in [0, 0.1) is 11.8 Å². The summed E-state index contributed by atoms with van der Waals surface area (Å²) in [6.07, 6.45) is 5.88. The minimum atomic E-state index is 0.228. The van der Waals surface area contributed by atoms with Gasteiger partial charge in [0.05, 0.1) is 5.92 Å². The Bertz CT molecular complexity index is 252. The average Bonchev–Trinajstić information content (AvgIpc) is 2.39. The van der Waals surface area contributed by atoms with Crippen molar-refractivity contribution in [2.75, 3.05) is 6.54 Å². The molecule has 0 bridgehead atoms. The number of fused-ring (bicyclic) bond motifs is 1. The molecule has 3 nitrogen and oxygen atoms in total. The minimum absolute atomic E-state index is 0.228. The number of nitrogens with one attached hydrogen (secondary N) is 2. The molecule has 3 heteroatoms. The van der Waals surface area contributed by atoms with Gasteiger partial charge in [-0.15, -0.1) is 0 Å². The van der Waals surface area contributed by atoms with Gasteiger partial charge in [0, 0.05) is 18.6 Å². The second-order valence-corrected chi connectivity index (χ2v) is 5.74. The maximum absolute atomic E-state index is 11.9. The van der Waals surface area contributed by atoms with E-state index in [-0.39, 0.29) is 11.8 Å². The highest BCUT2D eigenvalue weighted by molar-refractivity contribution is 5.79. The monoisotopic (exact) mass is 224 g/mol. The van der Waals surface area contributed by atoms with Crippen molar-refractivity contribution in [3.05, 3.63) is 0 Å². The van der Waals surface area contributed by atoms with E-state index in [1.807, 2.05) is 0 Å². The van der Waals surface area contributed by atoms with E-state index < -0.39 is 0 Å². The topological polar surface area (TPSA) is 41.1 Å². The number of rotatable bonds is 2. The van der Waals surface area contributed by atoms with Crippen LogP contribution in [-0.4, -0.2) is 24.5 Å². The van der Waals surface area contributed by atoms with Crippen LogP contribution in [0.5, 0.6) is 0 Å². The van der Waals surface area contributed by atoms with Crippen LogP contribution in [-0.2, 0) is 4.79 Å². The molecule has 0 spiro atoms. The van der Waals surface area contributed by atoms with Crippen LogP contribution < -0.4 is 10.6 Å². The molecule has 2 rings (SSSR count). The highest BCUT2D eigenvalue weighted by Gasteiger charge is 2.34. The highest BCUT2D eigenvalue weighted by Crippen LogP contribution is 2.26. The Hall–Kier alpha value is -0.570. The van der Waals surface area contributed by atoms with E-state index in [0.717, 1.165) is 19.4 Å². The molecule has 1 aliphatic carbocycles. The second kappa shape index (κ2) is 5.17. The third kappa shape index (κ3) is 2.76. The molecule has 16 heavy (non-hydrogen) atoms. The van der Waals surface area contributed by atoms with Gasteiger partial charge < -0.3 is 10.6 Å². The van der Waals surface area contributed by atoms with Gasteiger partial charge in [-0.1, -0.05) is 26.7 Å². The molecule has 0 aromatic heterocycles. The first-order valence-corrected chi connectivity index (χ1v) is 6.70. The van der Waals surface area contributed by atoms with Gasteiger partial charge in [0.2, 0.25) is 5.91 Å². The van der Waals surface area contributed by atoms with Gasteiger partial charge >= 0.3 is 0 Å². The fourth-order valence-electron chi connectivity index (χ4n) is 3.08. The van der Waals surface area contributed by atoms with Gasteiger partial charge in [-0.3, -0.25) is 4.79 Å². The lowest BCUT2D eigenvalue weighted by molar-refractivity contribution is -0.126. The third-order valence-electron chi connectivity index (χ3n) is 3.83. The average molecular weight is 224 g/mol. The summed E-state index contributed by atoms with van der Waals surface area (Å²) >= 11 is 0. The summed E-state index contributed by atoms with van der Waals surface area (Å²) in [6.45, 7) is 5.30. The van der Waals surface area contributed by atoms with E-state index in [2.05, 4.69) is 24.5 Å². The Morgan fingerprint density at radius 1 is 1.31 bits per heavy atom. The van der Waals surface area contributed by atoms with E-state index in [1.165, 1.54) is 19.3 Å². The maximum Gasteiger partial charge on any atom is 0.224 e. The zero-order valence-corrected chi connectivity index (χ0v) is 10.5. The van der Waals surface area contributed by atoms with Crippen molar-refractivity contribution in [1.82, 2.24) is 10.6 Å². The molecule has 3 unspecified atom stereocenters. The standard InChI is InChI=1S/C13H24N2O/c1-9(2)7-10-8-14-13(16)11-5-3-4-6-12(11)15-10/h9-12,15H,3-8H2,1-2H3,(H,14,16). The van der Waals surface area contributed by atoms with Gasteiger partial charge in [0.15, 0.2) is 0 Å². The van der Waals surface area contributed by atoms with Crippen molar-refractivity contribution in [2.45, 2.75) is 58.0 Å². The molecule has 2 aliphatic rings. The first kappa shape index (κ1) is 11.9. The first-order valence-electron chi connectivity index (χ1n) is 6.70. The normalized spacial score (nSPS) is 35.4. The Labute approximate surface area is 98.4 Å². The van der Waals surface area contributed by atoms with Crippen molar-refractivity contribution in [2.24, 2.45) is 11.8 Å². The summed E-state index contributed by atoms with van der Waals surface area (Å²) in [4.78, 5) is 11.9. The quantitative estimate of drug-likeness (QED) is 0.749. The van der Waals surface area contributed by atoms with E-state index in [4.69, 9.17) is 0 Å². The second-order valence-electron chi connectivity index (χ2n) is 5.74. The molecule has 1 amide bonds. The van der Waals surface area contributed by atoms with Crippen molar-refractivity contribution in [3.63, 3.8) is 0 Å². The zero-order chi connectivity index (χ0) is 11.5. The van der Waals surface area contributed by atoms with Crippen LogP contribution in [0.4, 0.5) is 0 Å². The molecule has 0 aromatic carbocycles. The fraction of sp³-hybridized carbons (Fsp3) is 0.923. The van der Waals surface area contributed by atoms with Crippen LogP contribution in [0.3, 0.4) is 0 Å². The van der Waals surface area contributed by atoms with E-state index in [9.17, 15) is 4.79 Å². The largest absolute Gasteiger partial charge is 0.354 e. The molecule has 2 fully saturated rings. The molecule has 0 aromatic rings. The van der Waals surface area contributed by atoms with Crippen molar-refractivity contribution in [3.8, 4) is 0 Å². The number of amides is 1. The van der Waals surface area contributed by atoms with E-state index in [1.54, 1.807) is 0 Å². The molecule has 1 saturated heterocycles. The lowest BCUT2D eigenvalue weighted by atomic mass is 9.84. The predicted molar refractivity (Wildman–Crippen MR) is 65.1 cm³/mol. The lowest BCUT2D eigenvalue weighted by Crippen LogP contribution is -2.45. The lowest BCUT2D eigenvalue weighted by Gasteiger charge is -2.30. The molecule has 2 N–H and O–H groups in total. The molecular weight excluding hydrogens is 200 g/mol. The van der Waals surface area contributed by atoms with Crippen LogP contribution >= 0.6 is 0 Å². The van der Waals surface area contributed by atoms with Gasteiger partial charge in [-0.05, 0) is 25.2 Å². The summed E-state index contributed by atoms with van der Waals surface area (Å²) < 4.78 is 0. The minimum Gasteiger partial charge on any atom is -0.354 e. The Balaban J connectivity index is 2.00. The molecule has 0 radical (unpaired) electrons. The van der Waals surface area contributed by atoms with Gasteiger partial charge in [0.25, 0.3) is 0 Å². The van der Waals surface area contributed by atoms with E-state index >= 15 is 0 Å². The number of carbonyl (C=O) groups is 1. The summed E-state index contributed by atoms with van der Waals surface area (Å²) in [7, 11) is 0. The summed E-state index contributed by atoms with van der Waals surface area (Å²) in [5.74, 6) is 1.20. The Morgan fingerprint density at radius 3 is 2.81 bits per heavy atom. The van der Waals surface area contributed by atoms with Crippen molar-refractivity contribution >= 4 is 5.91 Å². The number of carbonyl (C=O) groups excluding carboxylic acids is 1. The van der Waals surface area contributed by atoms with Gasteiger partial charge in [-0.2, -0.15) is 0 Å². The summed E-state index contributed by atoms with van der Waals surface area (Å²) in [5, 5.41) is 6.79. The summed E-state index contributed by atoms with van der Waals surface area (Å²) in [6, 6.07) is 0.900. The smallest absolute Gasteiger partial charge is 0.224 e. The molecule has 1 aliphatic heterocycles. The number of hydrogen-bond acceptors (Lipinski definition) is 2. The SMILES string of the molecule is CC(C)CC1CNC(=O)C2CCCCC2N1. The first-order chi connectivity index (χ1) is 7.66. The van der Waals surface area contributed by atoms with Crippen LogP contribution in [0.15, 0.2) is 0 Å². The fourth-order valence-corrected chi connectivity index (χ4v) is 3.08. The highest BCUT2D eigenvalue weighted by atomic mass is 16.2. The van der Waals surface area contributed by atoms with Crippen LogP contribution in [0.1, 0.15) is 46.0 Å². The van der Waals surface area contributed by atoms with Gasteiger partial charge in [-0.25, -0.2) is 0 Å². The molecular formula is C13H24N2O. The van der Waals surface area contributed by atoms with E-state index in [0.29, 0.717) is 18.0 Å². The third-order valence-corrected chi connectivity index (χ3v) is 3.83. The zero-order valence-electron chi connectivity index (χ0n) is 10.5.